The molecule has 0 fully saturated rings. The maximum atomic E-state index is 12.7. The van der Waals surface area contributed by atoms with Gasteiger partial charge in [0.1, 0.15) is 5.75 Å². The number of esters is 1. The second-order valence-electron chi connectivity index (χ2n) is 8.94. The molecule has 0 saturated carbocycles. The van der Waals surface area contributed by atoms with Crippen LogP contribution in [0.15, 0.2) is 36.5 Å². The average molecular weight is 486 g/mol. The minimum atomic E-state index is -0.673. The van der Waals surface area contributed by atoms with Crippen LogP contribution in [0.2, 0.25) is 0 Å². The Labute approximate surface area is 206 Å². The summed E-state index contributed by atoms with van der Waals surface area (Å²) in [5.74, 6) is 0.613. The van der Waals surface area contributed by atoms with Crippen LogP contribution in [-0.2, 0) is 40.4 Å². The average Bonchev–Trinajstić information content (AvgIpc) is 3.45. The molecule has 1 atom stereocenters. The van der Waals surface area contributed by atoms with Gasteiger partial charge in [-0.2, -0.15) is 0 Å². The van der Waals surface area contributed by atoms with Gasteiger partial charge in [-0.05, 0) is 69.9 Å². The van der Waals surface area contributed by atoms with Gasteiger partial charge in [-0.15, -0.1) is 16.4 Å². The Morgan fingerprint density at radius 1 is 1.18 bits per heavy atom. The van der Waals surface area contributed by atoms with Crippen molar-refractivity contribution in [2.24, 2.45) is 5.41 Å². The third kappa shape index (κ3) is 6.24. The normalized spacial score (nSPS) is 12.5. The molecular weight excluding hydrogens is 450 g/mol. The van der Waals surface area contributed by atoms with Crippen LogP contribution in [0, 0.1) is 12.3 Å². The number of aromatic nitrogens is 3. The molecule has 0 bridgehead atoms. The van der Waals surface area contributed by atoms with Crippen LogP contribution in [-0.4, -0.2) is 35.2 Å². The Kier molecular flexibility index (Phi) is 8.85. The lowest BCUT2D eigenvalue weighted by atomic mass is 9.75. The van der Waals surface area contributed by atoms with Crippen LogP contribution >= 0.6 is 11.3 Å². The van der Waals surface area contributed by atoms with Crippen molar-refractivity contribution in [3.8, 4) is 5.75 Å². The molecule has 1 unspecified atom stereocenters. The Bertz CT molecular complexity index is 1070. The molecule has 0 radical (unpaired) electrons. The monoisotopic (exact) mass is 485 g/mol. The summed E-state index contributed by atoms with van der Waals surface area (Å²) in [7, 11) is 3.11. The molecule has 3 rings (SSSR count). The van der Waals surface area contributed by atoms with Crippen molar-refractivity contribution in [2.75, 3.05) is 14.2 Å². The number of carbonyl (C=O) groups excluding carboxylic acids is 1. The molecule has 0 spiro atoms. The van der Waals surface area contributed by atoms with Crippen molar-refractivity contribution >= 4 is 17.3 Å². The van der Waals surface area contributed by atoms with Gasteiger partial charge in [0, 0.05) is 28.4 Å². The predicted molar refractivity (Wildman–Crippen MR) is 133 cm³/mol. The second kappa shape index (κ2) is 11.6. The van der Waals surface area contributed by atoms with Crippen molar-refractivity contribution in [2.45, 2.75) is 66.2 Å². The van der Waals surface area contributed by atoms with Crippen molar-refractivity contribution in [1.29, 1.82) is 0 Å². The van der Waals surface area contributed by atoms with Gasteiger partial charge < -0.3 is 14.2 Å². The number of hydrogen-bond donors (Lipinski definition) is 0. The van der Waals surface area contributed by atoms with E-state index < -0.39 is 5.41 Å². The van der Waals surface area contributed by atoms with E-state index in [1.165, 1.54) is 16.9 Å². The number of thiophene rings is 1. The quantitative estimate of drug-likeness (QED) is 0.324. The highest BCUT2D eigenvalue weighted by atomic mass is 32.1. The van der Waals surface area contributed by atoms with E-state index in [2.05, 4.69) is 23.3 Å². The molecule has 0 aliphatic heterocycles. The molecule has 2 aromatic heterocycles. The standard InChI is InChI=1S/C26H35N3O4S/c1-7-29-15-21(27-28-29)10-13-23(26(3,4)25(30)32-6)24-14-20(18(2)34-24)17-33-16-19-8-11-22(31-5)12-9-19/h8-9,11-12,14-15,23H,7,10,13,16-17H2,1-6H3. The highest BCUT2D eigenvalue weighted by Crippen LogP contribution is 2.43. The topological polar surface area (TPSA) is 75.5 Å². The lowest BCUT2D eigenvalue weighted by molar-refractivity contribution is -0.152. The van der Waals surface area contributed by atoms with Crippen molar-refractivity contribution < 1.29 is 19.0 Å². The Morgan fingerprint density at radius 2 is 1.91 bits per heavy atom. The molecule has 7 nitrogen and oxygen atoms in total. The molecule has 1 aromatic carbocycles. The van der Waals surface area contributed by atoms with Gasteiger partial charge in [0.15, 0.2) is 0 Å². The van der Waals surface area contributed by atoms with E-state index in [9.17, 15) is 4.79 Å². The zero-order valence-electron chi connectivity index (χ0n) is 21.0. The first-order valence-electron chi connectivity index (χ1n) is 11.6. The highest BCUT2D eigenvalue weighted by Gasteiger charge is 2.39. The summed E-state index contributed by atoms with van der Waals surface area (Å²) >= 11 is 1.73. The molecule has 3 aromatic rings. The minimum Gasteiger partial charge on any atom is -0.497 e. The summed E-state index contributed by atoms with van der Waals surface area (Å²) in [6, 6.07) is 10.1. The molecule has 2 heterocycles. The van der Waals surface area contributed by atoms with Gasteiger partial charge in [0.2, 0.25) is 0 Å². The first kappa shape index (κ1) is 25.9. The third-order valence-corrected chi connectivity index (χ3v) is 7.46. The largest absolute Gasteiger partial charge is 0.497 e. The van der Waals surface area contributed by atoms with E-state index >= 15 is 0 Å². The van der Waals surface area contributed by atoms with Gasteiger partial charge >= 0.3 is 5.97 Å². The van der Waals surface area contributed by atoms with Crippen LogP contribution in [0.1, 0.15) is 59.7 Å². The molecule has 184 valence electrons. The van der Waals surface area contributed by atoms with Crippen LogP contribution in [0.25, 0.3) is 0 Å². The van der Waals surface area contributed by atoms with Gasteiger partial charge in [0.05, 0.1) is 38.5 Å². The Balaban J connectivity index is 1.73. The first-order chi connectivity index (χ1) is 16.3. The summed E-state index contributed by atoms with van der Waals surface area (Å²) in [4.78, 5) is 15.1. The molecule has 0 aliphatic rings. The molecule has 8 heteroatoms. The maximum absolute atomic E-state index is 12.7. The zero-order valence-corrected chi connectivity index (χ0v) is 21.8. The maximum Gasteiger partial charge on any atom is 0.311 e. The van der Waals surface area contributed by atoms with Crippen LogP contribution < -0.4 is 4.74 Å². The lowest BCUT2D eigenvalue weighted by Crippen LogP contribution is -2.32. The number of nitrogens with zero attached hydrogens (tertiary/aromatic N) is 3. The highest BCUT2D eigenvalue weighted by molar-refractivity contribution is 7.12. The van der Waals surface area contributed by atoms with E-state index in [1.54, 1.807) is 18.4 Å². The number of aryl methyl sites for hydroxylation is 3. The van der Waals surface area contributed by atoms with Gasteiger partial charge in [-0.1, -0.05) is 17.3 Å². The SMILES string of the molecule is CCn1cc(CCC(c2cc(COCc3ccc(OC)cc3)c(C)s2)C(C)(C)C(=O)OC)nn1. The van der Waals surface area contributed by atoms with Crippen LogP contribution in [0.5, 0.6) is 5.75 Å². The smallest absolute Gasteiger partial charge is 0.311 e. The van der Waals surface area contributed by atoms with Crippen molar-refractivity contribution in [1.82, 2.24) is 15.0 Å². The second-order valence-corrected chi connectivity index (χ2v) is 10.2. The molecule has 34 heavy (non-hydrogen) atoms. The molecule has 0 amide bonds. The summed E-state index contributed by atoms with van der Waals surface area (Å²) in [6.45, 7) is 9.89. The number of ether oxygens (including phenoxy) is 3. The fraction of sp³-hybridized carbons (Fsp3) is 0.500. The van der Waals surface area contributed by atoms with Gasteiger partial charge in [0.25, 0.3) is 0 Å². The summed E-state index contributed by atoms with van der Waals surface area (Å²) in [5, 5.41) is 8.41. The Morgan fingerprint density at radius 3 is 2.53 bits per heavy atom. The van der Waals surface area contributed by atoms with E-state index in [-0.39, 0.29) is 11.9 Å². The van der Waals surface area contributed by atoms with Crippen LogP contribution in [0.4, 0.5) is 0 Å². The third-order valence-electron chi connectivity index (χ3n) is 6.25. The lowest BCUT2D eigenvalue weighted by Gasteiger charge is -2.31. The fourth-order valence-electron chi connectivity index (χ4n) is 4.02. The molecular formula is C26H35N3O4S. The summed E-state index contributed by atoms with van der Waals surface area (Å²) < 4.78 is 18.2. The van der Waals surface area contributed by atoms with Crippen molar-refractivity contribution in [3.63, 3.8) is 0 Å². The number of methoxy groups -OCH3 is 2. The predicted octanol–water partition coefficient (Wildman–Crippen LogP) is 5.31. The van der Waals surface area contributed by atoms with Crippen LogP contribution in [0.3, 0.4) is 0 Å². The Hall–Kier alpha value is -2.71. The van der Waals surface area contributed by atoms with E-state index in [4.69, 9.17) is 14.2 Å². The number of benzene rings is 1. The molecule has 0 N–H and O–H groups in total. The van der Waals surface area contributed by atoms with Gasteiger partial charge in [-0.3, -0.25) is 9.48 Å². The minimum absolute atomic E-state index is 0.00855. The summed E-state index contributed by atoms with van der Waals surface area (Å²) in [5.41, 5.74) is 2.51. The van der Waals surface area contributed by atoms with E-state index in [0.29, 0.717) is 13.2 Å². The first-order valence-corrected chi connectivity index (χ1v) is 12.4. The van der Waals surface area contributed by atoms with Crippen molar-refractivity contribution in [3.05, 3.63) is 63.1 Å². The van der Waals surface area contributed by atoms with E-state index in [0.717, 1.165) is 42.0 Å². The molecule has 0 aliphatic carbocycles. The summed E-state index contributed by atoms with van der Waals surface area (Å²) in [6.07, 6.45) is 3.49. The number of carbonyl (C=O) groups is 1. The number of hydrogen-bond acceptors (Lipinski definition) is 7. The van der Waals surface area contributed by atoms with E-state index in [1.807, 2.05) is 55.9 Å². The number of rotatable bonds is 12. The zero-order chi connectivity index (χ0) is 24.7. The fourth-order valence-corrected chi connectivity index (χ4v) is 5.38. The van der Waals surface area contributed by atoms with Gasteiger partial charge in [-0.25, -0.2) is 0 Å². The molecule has 0 saturated heterocycles.